The van der Waals surface area contributed by atoms with Crippen molar-refractivity contribution >= 4 is 0 Å². The lowest BCUT2D eigenvalue weighted by molar-refractivity contribution is 0.184. The van der Waals surface area contributed by atoms with Crippen molar-refractivity contribution in [1.29, 1.82) is 5.26 Å². The highest BCUT2D eigenvalue weighted by Gasteiger charge is 2.11. The zero-order valence-corrected chi connectivity index (χ0v) is 9.27. The van der Waals surface area contributed by atoms with Gasteiger partial charge in [0.2, 0.25) is 5.69 Å². The first-order valence-corrected chi connectivity index (χ1v) is 5.01. The average Bonchev–Trinajstić information content (AvgIpc) is 2.17. The molecule has 1 aromatic rings. The summed E-state index contributed by atoms with van der Waals surface area (Å²) in [4.78, 5) is 7.87. The van der Waals surface area contributed by atoms with E-state index in [0.717, 1.165) is 6.42 Å². The molecule has 0 fully saturated rings. The normalized spacial score (nSPS) is 12.2. The van der Waals surface area contributed by atoms with Crippen LogP contribution in [0.4, 0.5) is 0 Å². The Morgan fingerprint density at radius 2 is 2.00 bits per heavy atom. The highest BCUT2D eigenvalue weighted by molar-refractivity contribution is 5.29. The maximum absolute atomic E-state index is 8.78. The molecular formula is C11H15N3O. The molecule has 0 spiro atoms. The van der Waals surface area contributed by atoms with Crippen molar-refractivity contribution in [3.8, 4) is 11.9 Å². The Kier molecular flexibility index (Phi) is 4.04. The second-order valence-electron chi connectivity index (χ2n) is 3.88. The fraction of sp³-hybridized carbons (Fsp3) is 0.545. The molecule has 0 saturated heterocycles. The number of aromatic nitrogens is 2. The van der Waals surface area contributed by atoms with Gasteiger partial charge in [-0.15, -0.1) is 0 Å². The van der Waals surface area contributed by atoms with Crippen LogP contribution in [-0.4, -0.2) is 16.1 Å². The van der Waals surface area contributed by atoms with Gasteiger partial charge in [-0.1, -0.05) is 13.8 Å². The summed E-state index contributed by atoms with van der Waals surface area (Å²) in [5.74, 6) is 0.885. The minimum absolute atomic E-state index is 0.0498. The Morgan fingerprint density at radius 1 is 1.33 bits per heavy atom. The minimum Gasteiger partial charge on any atom is -0.473 e. The SMILES string of the molecule is CC(C)CC(C)Oc1nccnc1C#N. The van der Waals surface area contributed by atoms with Gasteiger partial charge in [0.25, 0.3) is 5.88 Å². The van der Waals surface area contributed by atoms with Crippen molar-refractivity contribution in [3.63, 3.8) is 0 Å². The predicted molar refractivity (Wildman–Crippen MR) is 56.3 cm³/mol. The Balaban J connectivity index is 2.68. The number of nitrogens with zero attached hydrogens (tertiary/aromatic N) is 3. The molecule has 4 nitrogen and oxygen atoms in total. The van der Waals surface area contributed by atoms with E-state index >= 15 is 0 Å². The molecule has 0 aliphatic heterocycles. The highest BCUT2D eigenvalue weighted by Crippen LogP contribution is 2.15. The highest BCUT2D eigenvalue weighted by atomic mass is 16.5. The largest absolute Gasteiger partial charge is 0.473 e. The Labute approximate surface area is 89.9 Å². The van der Waals surface area contributed by atoms with Crippen LogP contribution in [0.5, 0.6) is 5.88 Å². The summed E-state index contributed by atoms with van der Waals surface area (Å²) >= 11 is 0. The van der Waals surface area contributed by atoms with Gasteiger partial charge in [-0.3, -0.25) is 0 Å². The van der Waals surface area contributed by atoms with Gasteiger partial charge >= 0.3 is 0 Å². The van der Waals surface area contributed by atoms with E-state index in [1.807, 2.05) is 13.0 Å². The van der Waals surface area contributed by atoms with E-state index in [1.54, 1.807) is 0 Å². The summed E-state index contributed by atoms with van der Waals surface area (Å²) in [7, 11) is 0. The monoisotopic (exact) mass is 205 g/mol. The first-order chi connectivity index (χ1) is 7.13. The van der Waals surface area contributed by atoms with E-state index in [2.05, 4.69) is 23.8 Å². The van der Waals surface area contributed by atoms with Gasteiger partial charge in [-0.05, 0) is 19.3 Å². The fourth-order valence-corrected chi connectivity index (χ4v) is 1.39. The molecule has 0 radical (unpaired) electrons. The third kappa shape index (κ3) is 3.55. The van der Waals surface area contributed by atoms with Crippen LogP contribution in [0.15, 0.2) is 12.4 Å². The summed E-state index contributed by atoms with van der Waals surface area (Å²) < 4.78 is 5.55. The molecule has 0 aromatic carbocycles. The van der Waals surface area contributed by atoms with Gasteiger partial charge in [-0.2, -0.15) is 5.26 Å². The van der Waals surface area contributed by atoms with Crippen molar-refractivity contribution < 1.29 is 4.74 Å². The van der Waals surface area contributed by atoms with Crippen LogP contribution >= 0.6 is 0 Å². The maximum Gasteiger partial charge on any atom is 0.251 e. The van der Waals surface area contributed by atoms with E-state index in [9.17, 15) is 0 Å². The van der Waals surface area contributed by atoms with E-state index in [4.69, 9.17) is 10.00 Å². The molecule has 1 atom stereocenters. The summed E-state index contributed by atoms with van der Waals surface area (Å²) in [6.45, 7) is 6.22. The van der Waals surface area contributed by atoms with Crippen LogP contribution in [0.25, 0.3) is 0 Å². The Morgan fingerprint density at radius 3 is 2.60 bits per heavy atom. The van der Waals surface area contributed by atoms with Gasteiger partial charge in [0, 0.05) is 12.4 Å². The summed E-state index contributed by atoms with van der Waals surface area (Å²) in [6, 6.07) is 1.96. The zero-order chi connectivity index (χ0) is 11.3. The molecular weight excluding hydrogens is 190 g/mol. The molecule has 0 saturated carbocycles. The summed E-state index contributed by atoms with van der Waals surface area (Å²) in [6.07, 6.45) is 3.99. The molecule has 15 heavy (non-hydrogen) atoms. The van der Waals surface area contributed by atoms with Crippen molar-refractivity contribution in [2.75, 3.05) is 0 Å². The Bertz CT molecular complexity index is 357. The number of ether oxygens (including phenoxy) is 1. The molecule has 0 amide bonds. The van der Waals surface area contributed by atoms with E-state index in [0.29, 0.717) is 11.8 Å². The lowest BCUT2D eigenvalue weighted by Crippen LogP contribution is -2.16. The molecule has 80 valence electrons. The number of nitriles is 1. The zero-order valence-electron chi connectivity index (χ0n) is 9.27. The second-order valence-corrected chi connectivity index (χ2v) is 3.88. The Hall–Kier alpha value is -1.63. The van der Waals surface area contributed by atoms with Crippen LogP contribution in [-0.2, 0) is 0 Å². The van der Waals surface area contributed by atoms with Crippen LogP contribution in [0, 0.1) is 17.2 Å². The van der Waals surface area contributed by atoms with Gasteiger partial charge < -0.3 is 4.74 Å². The first-order valence-electron chi connectivity index (χ1n) is 5.01. The van der Waals surface area contributed by atoms with Crippen molar-refractivity contribution in [2.45, 2.75) is 33.3 Å². The van der Waals surface area contributed by atoms with Gasteiger partial charge in [0.1, 0.15) is 6.07 Å². The topological polar surface area (TPSA) is 58.8 Å². The molecule has 1 unspecified atom stereocenters. The lowest BCUT2D eigenvalue weighted by Gasteiger charge is -2.15. The molecule has 1 heterocycles. The molecule has 0 bridgehead atoms. The molecule has 0 N–H and O–H groups in total. The standard InChI is InChI=1S/C11H15N3O/c1-8(2)6-9(3)15-11-10(7-12)13-4-5-14-11/h4-5,8-9H,6H2,1-3H3. The molecule has 0 aliphatic carbocycles. The minimum atomic E-state index is 0.0498. The maximum atomic E-state index is 8.78. The van der Waals surface area contributed by atoms with Crippen molar-refractivity contribution in [3.05, 3.63) is 18.1 Å². The summed E-state index contributed by atoms with van der Waals surface area (Å²) in [5, 5.41) is 8.78. The predicted octanol–water partition coefficient (Wildman–Crippen LogP) is 2.16. The third-order valence-electron chi connectivity index (χ3n) is 1.89. The molecule has 4 heteroatoms. The van der Waals surface area contributed by atoms with Crippen LogP contribution < -0.4 is 4.74 Å². The molecule has 0 aliphatic rings. The van der Waals surface area contributed by atoms with Crippen molar-refractivity contribution in [1.82, 2.24) is 9.97 Å². The van der Waals surface area contributed by atoms with E-state index in [1.165, 1.54) is 12.4 Å². The first kappa shape index (κ1) is 11.4. The quantitative estimate of drug-likeness (QED) is 0.755. The summed E-state index contributed by atoms with van der Waals surface area (Å²) in [5.41, 5.74) is 0.244. The van der Waals surface area contributed by atoms with Gasteiger partial charge in [0.15, 0.2) is 0 Å². The molecule has 1 rings (SSSR count). The number of rotatable bonds is 4. The van der Waals surface area contributed by atoms with E-state index < -0.39 is 0 Å². The smallest absolute Gasteiger partial charge is 0.251 e. The molecule has 1 aromatic heterocycles. The number of hydrogen-bond acceptors (Lipinski definition) is 4. The fourth-order valence-electron chi connectivity index (χ4n) is 1.39. The van der Waals surface area contributed by atoms with Gasteiger partial charge in [-0.25, -0.2) is 9.97 Å². The van der Waals surface area contributed by atoms with Crippen LogP contribution in [0.1, 0.15) is 32.9 Å². The van der Waals surface area contributed by atoms with Crippen LogP contribution in [0.3, 0.4) is 0 Å². The third-order valence-corrected chi connectivity index (χ3v) is 1.89. The lowest BCUT2D eigenvalue weighted by atomic mass is 10.1. The van der Waals surface area contributed by atoms with Crippen LogP contribution in [0.2, 0.25) is 0 Å². The average molecular weight is 205 g/mol. The van der Waals surface area contributed by atoms with E-state index in [-0.39, 0.29) is 11.8 Å². The second kappa shape index (κ2) is 5.30. The number of hydrogen-bond donors (Lipinski definition) is 0. The van der Waals surface area contributed by atoms with Crippen molar-refractivity contribution in [2.24, 2.45) is 5.92 Å². The van der Waals surface area contributed by atoms with Gasteiger partial charge in [0.05, 0.1) is 6.10 Å².